The van der Waals surface area contributed by atoms with E-state index in [1.54, 1.807) is 0 Å². The molecule has 1 aromatic carbocycles. The van der Waals surface area contributed by atoms with E-state index in [1.807, 2.05) is 0 Å². The van der Waals surface area contributed by atoms with Gasteiger partial charge in [-0.25, -0.2) is 0 Å². The average Bonchev–Trinajstić information content (AvgIpc) is 2.45. The van der Waals surface area contributed by atoms with Gasteiger partial charge >= 0.3 is 0 Å². The van der Waals surface area contributed by atoms with E-state index >= 15 is 0 Å². The molecular formula is C20H33Cl. The highest BCUT2D eigenvalue weighted by atomic mass is 35.5. The Kier molecular flexibility index (Phi) is 10.7. The van der Waals surface area contributed by atoms with Crippen LogP contribution in [0, 0.1) is 6.92 Å². The van der Waals surface area contributed by atoms with Gasteiger partial charge in [0.05, 0.1) is 0 Å². The summed E-state index contributed by atoms with van der Waals surface area (Å²) in [7, 11) is 0. The topological polar surface area (TPSA) is 0 Å². The summed E-state index contributed by atoms with van der Waals surface area (Å²) in [6, 6.07) is 8.73. The summed E-state index contributed by atoms with van der Waals surface area (Å²) < 4.78 is 0. The molecule has 0 aliphatic carbocycles. The van der Waals surface area contributed by atoms with Crippen molar-refractivity contribution in [2.24, 2.45) is 0 Å². The van der Waals surface area contributed by atoms with Crippen LogP contribution < -0.4 is 0 Å². The molecule has 0 spiro atoms. The van der Waals surface area contributed by atoms with Crippen LogP contribution in [-0.2, 0) is 6.42 Å². The highest BCUT2D eigenvalue weighted by Gasteiger charge is 2.06. The molecule has 120 valence electrons. The molecule has 0 bridgehead atoms. The zero-order chi connectivity index (χ0) is 15.3. The van der Waals surface area contributed by atoms with Crippen molar-refractivity contribution in [2.45, 2.75) is 89.9 Å². The molecule has 1 unspecified atom stereocenters. The van der Waals surface area contributed by atoms with Gasteiger partial charge < -0.3 is 0 Å². The van der Waals surface area contributed by atoms with Gasteiger partial charge in [-0.15, -0.1) is 11.6 Å². The van der Waals surface area contributed by atoms with Crippen LogP contribution >= 0.6 is 11.6 Å². The third-order valence-electron chi connectivity index (χ3n) is 4.16. The van der Waals surface area contributed by atoms with E-state index in [9.17, 15) is 0 Å². The summed E-state index contributed by atoms with van der Waals surface area (Å²) in [5.74, 6) is 0. The van der Waals surface area contributed by atoms with E-state index < -0.39 is 0 Å². The average molecular weight is 309 g/mol. The van der Waals surface area contributed by atoms with E-state index in [0.717, 1.165) is 12.8 Å². The van der Waals surface area contributed by atoms with Crippen molar-refractivity contribution in [3.05, 3.63) is 35.4 Å². The molecule has 1 atom stereocenters. The molecule has 0 aromatic heterocycles. The van der Waals surface area contributed by atoms with Crippen LogP contribution in [0.4, 0.5) is 0 Å². The SMILES string of the molecule is CCCCCCCCCCCC(Cl)Cc1cccc(C)c1. The Hall–Kier alpha value is -0.490. The predicted octanol–water partition coefficient (Wildman–Crippen LogP) is 7.07. The van der Waals surface area contributed by atoms with Gasteiger partial charge in [-0.05, 0) is 25.3 Å². The van der Waals surface area contributed by atoms with Crippen LogP contribution in [0.1, 0.15) is 82.3 Å². The smallest absolute Gasteiger partial charge is 0.0376 e. The number of aryl methyl sites for hydroxylation is 1. The summed E-state index contributed by atoms with van der Waals surface area (Å²) in [4.78, 5) is 0. The van der Waals surface area contributed by atoms with Crippen LogP contribution in [-0.4, -0.2) is 5.38 Å². The van der Waals surface area contributed by atoms with Gasteiger partial charge in [-0.2, -0.15) is 0 Å². The standard InChI is InChI=1S/C20H33Cl/c1-3-4-5-6-7-8-9-10-11-15-20(21)17-19-14-12-13-18(2)16-19/h12-14,16,20H,3-11,15,17H2,1-2H3. The second-order valence-electron chi connectivity index (χ2n) is 6.41. The maximum absolute atomic E-state index is 6.46. The Bertz CT molecular complexity index is 359. The van der Waals surface area contributed by atoms with Gasteiger partial charge in [-0.1, -0.05) is 94.5 Å². The van der Waals surface area contributed by atoms with Crippen molar-refractivity contribution in [1.29, 1.82) is 0 Å². The fourth-order valence-electron chi connectivity index (χ4n) is 2.87. The quantitative estimate of drug-likeness (QED) is 0.286. The lowest BCUT2D eigenvalue weighted by molar-refractivity contribution is 0.551. The third-order valence-corrected chi connectivity index (χ3v) is 4.53. The summed E-state index contributed by atoms with van der Waals surface area (Å²) in [6.45, 7) is 4.42. The van der Waals surface area contributed by atoms with Crippen molar-refractivity contribution in [2.75, 3.05) is 0 Å². The minimum atomic E-state index is 0.302. The number of alkyl halides is 1. The van der Waals surface area contributed by atoms with Gasteiger partial charge in [0, 0.05) is 5.38 Å². The van der Waals surface area contributed by atoms with Crippen LogP contribution in [0.5, 0.6) is 0 Å². The van der Waals surface area contributed by atoms with Crippen molar-refractivity contribution in [1.82, 2.24) is 0 Å². The third kappa shape index (κ3) is 9.96. The molecule has 0 saturated heterocycles. The van der Waals surface area contributed by atoms with Crippen molar-refractivity contribution < 1.29 is 0 Å². The van der Waals surface area contributed by atoms with E-state index in [1.165, 1.54) is 68.9 Å². The van der Waals surface area contributed by atoms with Crippen LogP contribution in [0.25, 0.3) is 0 Å². The molecule has 0 N–H and O–H groups in total. The number of rotatable bonds is 12. The fourth-order valence-corrected chi connectivity index (χ4v) is 3.21. The molecular weight excluding hydrogens is 276 g/mol. The number of hydrogen-bond acceptors (Lipinski definition) is 0. The van der Waals surface area contributed by atoms with E-state index in [0.29, 0.717) is 5.38 Å². The van der Waals surface area contributed by atoms with E-state index in [-0.39, 0.29) is 0 Å². The molecule has 0 amide bonds. The Labute approximate surface area is 137 Å². The van der Waals surface area contributed by atoms with E-state index in [4.69, 9.17) is 11.6 Å². The normalized spacial score (nSPS) is 12.5. The summed E-state index contributed by atoms with van der Waals surface area (Å²) in [5.41, 5.74) is 2.71. The Balaban J connectivity index is 1.97. The fraction of sp³-hybridized carbons (Fsp3) is 0.700. The maximum Gasteiger partial charge on any atom is 0.0376 e. The molecule has 0 saturated carbocycles. The number of benzene rings is 1. The van der Waals surface area contributed by atoms with E-state index in [2.05, 4.69) is 38.1 Å². The first-order valence-corrected chi connectivity index (χ1v) is 9.35. The Morgan fingerprint density at radius 2 is 1.52 bits per heavy atom. The molecule has 0 aliphatic heterocycles. The zero-order valence-electron chi connectivity index (χ0n) is 14.0. The second-order valence-corrected chi connectivity index (χ2v) is 7.02. The van der Waals surface area contributed by atoms with Gasteiger partial charge in [0.15, 0.2) is 0 Å². The highest BCUT2D eigenvalue weighted by Crippen LogP contribution is 2.17. The number of halogens is 1. The molecule has 0 heterocycles. The largest absolute Gasteiger partial charge is 0.123 e. The minimum absolute atomic E-state index is 0.302. The zero-order valence-corrected chi connectivity index (χ0v) is 14.8. The number of hydrogen-bond donors (Lipinski definition) is 0. The first-order chi connectivity index (χ1) is 10.2. The molecule has 1 heteroatoms. The van der Waals surface area contributed by atoms with Gasteiger partial charge in [0.25, 0.3) is 0 Å². The lowest BCUT2D eigenvalue weighted by Gasteiger charge is -2.10. The molecule has 21 heavy (non-hydrogen) atoms. The van der Waals surface area contributed by atoms with Crippen LogP contribution in [0.2, 0.25) is 0 Å². The molecule has 0 radical (unpaired) electrons. The van der Waals surface area contributed by atoms with Crippen LogP contribution in [0.3, 0.4) is 0 Å². The first kappa shape index (κ1) is 18.6. The molecule has 0 fully saturated rings. The first-order valence-electron chi connectivity index (χ1n) is 8.92. The van der Waals surface area contributed by atoms with Crippen molar-refractivity contribution in [3.63, 3.8) is 0 Å². The Morgan fingerprint density at radius 3 is 2.14 bits per heavy atom. The van der Waals surface area contributed by atoms with Crippen molar-refractivity contribution >= 4 is 11.6 Å². The highest BCUT2D eigenvalue weighted by molar-refractivity contribution is 6.20. The summed E-state index contributed by atoms with van der Waals surface area (Å²) in [5, 5.41) is 0.302. The number of unbranched alkanes of at least 4 members (excludes halogenated alkanes) is 8. The minimum Gasteiger partial charge on any atom is -0.123 e. The lowest BCUT2D eigenvalue weighted by atomic mass is 10.0. The lowest BCUT2D eigenvalue weighted by Crippen LogP contribution is -2.03. The van der Waals surface area contributed by atoms with Crippen LogP contribution in [0.15, 0.2) is 24.3 Å². The predicted molar refractivity (Wildman–Crippen MR) is 96.4 cm³/mol. The van der Waals surface area contributed by atoms with Gasteiger partial charge in [0.2, 0.25) is 0 Å². The maximum atomic E-state index is 6.46. The van der Waals surface area contributed by atoms with Gasteiger partial charge in [-0.3, -0.25) is 0 Å². The van der Waals surface area contributed by atoms with Crippen molar-refractivity contribution in [3.8, 4) is 0 Å². The Morgan fingerprint density at radius 1 is 0.905 bits per heavy atom. The molecule has 1 rings (SSSR count). The van der Waals surface area contributed by atoms with Gasteiger partial charge in [0.1, 0.15) is 0 Å². The summed E-state index contributed by atoms with van der Waals surface area (Å²) >= 11 is 6.46. The second kappa shape index (κ2) is 12.1. The summed E-state index contributed by atoms with van der Waals surface area (Å²) in [6.07, 6.45) is 14.6. The molecule has 0 nitrogen and oxygen atoms in total. The molecule has 1 aromatic rings. The monoisotopic (exact) mass is 308 g/mol. The molecule has 0 aliphatic rings.